The molecule has 1 heterocycles. The molecular formula is C16H21NO. The van der Waals surface area contributed by atoms with E-state index in [1.165, 1.54) is 36.0 Å². The first kappa shape index (κ1) is 11.8. The molecule has 0 spiro atoms. The normalized spacial score (nSPS) is 23.9. The fourth-order valence-electron chi connectivity index (χ4n) is 3.14. The van der Waals surface area contributed by atoms with Crippen molar-refractivity contribution in [1.29, 1.82) is 0 Å². The van der Waals surface area contributed by atoms with Gasteiger partial charge in [0.25, 0.3) is 0 Å². The maximum atomic E-state index is 6.08. The quantitative estimate of drug-likeness (QED) is 0.882. The summed E-state index contributed by atoms with van der Waals surface area (Å²) in [5.41, 5.74) is 2.30. The van der Waals surface area contributed by atoms with Crippen molar-refractivity contribution in [1.82, 2.24) is 5.32 Å². The van der Waals surface area contributed by atoms with Crippen molar-refractivity contribution in [2.45, 2.75) is 45.1 Å². The van der Waals surface area contributed by atoms with E-state index in [4.69, 9.17) is 4.42 Å². The second kappa shape index (κ2) is 4.77. The van der Waals surface area contributed by atoms with Crippen LogP contribution in [0.5, 0.6) is 0 Å². The van der Waals surface area contributed by atoms with Crippen LogP contribution in [0.3, 0.4) is 0 Å². The van der Waals surface area contributed by atoms with E-state index in [9.17, 15) is 0 Å². The molecule has 3 rings (SSSR count). The van der Waals surface area contributed by atoms with Crippen LogP contribution in [0.2, 0.25) is 0 Å². The molecule has 0 bridgehead atoms. The third kappa shape index (κ3) is 2.05. The fourth-order valence-corrected chi connectivity index (χ4v) is 3.14. The van der Waals surface area contributed by atoms with Crippen molar-refractivity contribution in [3.05, 3.63) is 35.6 Å². The first-order valence-corrected chi connectivity index (χ1v) is 7.00. The molecule has 1 aliphatic rings. The first-order valence-electron chi connectivity index (χ1n) is 7.00. The van der Waals surface area contributed by atoms with Gasteiger partial charge in [0.05, 0.1) is 0 Å². The summed E-state index contributed by atoms with van der Waals surface area (Å²) in [4.78, 5) is 0. The predicted octanol–water partition coefficient (Wildman–Crippen LogP) is 3.99. The Balaban J connectivity index is 1.85. The lowest BCUT2D eigenvalue weighted by Crippen LogP contribution is -2.25. The van der Waals surface area contributed by atoms with E-state index in [0.717, 1.165) is 12.1 Å². The third-order valence-electron chi connectivity index (χ3n) is 4.09. The van der Waals surface area contributed by atoms with Crippen molar-refractivity contribution in [3.8, 4) is 0 Å². The van der Waals surface area contributed by atoms with Gasteiger partial charge in [-0.05, 0) is 44.4 Å². The van der Waals surface area contributed by atoms with Crippen molar-refractivity contribution in [3.63, 3.8) is 0 Å². The molecule has 2 nitrogen and oxygen atoms in total. The molecule has 18 heavy (non-hydrogen) atoms. The van der Waals surface area contributed by atoms with Crippen LogP contribution >= 0.6 is 0 Å². The second-order valence-electron chi connectivity index (χ2n) is 5.41. The zero-order valence-corrected chi connectivity index (χ0v) is 11.2. The van der Waals surface area contributed by atoms with Crippen molar-refractivity contribution < 1.29 is 4.42 Å². The molecule has 2 aromatic rings. The van der Waals surface area contributed by atoms with Crippen molar-refractivity contribution >= 4 is 11.0 Å². The van der Waals surface area contributed by atoms with E-state index in [1.807, 2.05) is 0 Å². The highest BCUT2D eigenvalue weighted by atomic mass is 16.3. The Labute approximate surface area is 108 Å². The molecule has 96 valence electrons. The summed E-state index contributed by atoms with van der Waals surface area (Å²) in [6.45, 7) is 5.36. The Hall–Kier alpha value is -1.28. The molecule has 2 atom stereocenters. The maximum absolute atomic E-state index is 6.08. The topological polar surface area (TPSA) is 25.2 Å². The Morgan fingerprint density at radius 1 is 1.33 bits per heavy atom. The van der Waals surface area contributed by atoms with Gasteiger partial charge in [0.2, 0.25) is 0 Å². The molecule has 0 radical (unpaired) electrons. The lowest BCUT2D eigenvalue weighted by atomic mass is 10.0. The molecule has 0 amide bonds. The van der Waals surface area contributed by atoms with Gasteiger partial charge in [0.15, 0.2) is 0 Å². The summed E-state index contributed by atoms with van der Waals surface area (Å²) >= 11 is 0. The standard InChI is InChI=1S/C16H21NO/c1-3-17-14-8-7-12(9-14)15-10-13-6-4-5-11(2)16(13)18-15/h4-6,10,12,14,17H,3,7-9H2,1-2H3. The van der Waals surface area contributed by atoms with Gasteiger partial charge in [0, 0.05) is 17.3 Å². The van der Waals surface area contributed by atoms with E-state index < -0.39 is 0 Å². The van der Waals surface area contributed by atoms with Gasteiger partial charge in [0.1, 0.15) is 11.3 Å². The van der Waals surface area contributed by atoms with Gasteiger partial charge in [-0.25, -0.2) is 0 Å². The number of benzene rings is 1. The predicted molar refractivity (Wildman–Crippen MR) is 75.0 cm³/mol. The van der Waals surface area contributed by atoms with E-state index in [0.29, 0.717) is 12.0 Å². The lowest BCUT2D eigenvalue weighted by Gasteiger charge is -2.10. The number of furan rings is 1. The second-order valence-corrected chi connectivity index (χ2v) is 5.41. The van der Waals surface area contributed by atoms with Crippen LogP contribution in [-0.4, -0.2) is 12.6 Å². The summed E-state index contributed by atoms with van der Waals surface area (Å²) in [5.74, 6) is 1.78. The zero-order valence-electron chi connectivity index (χ0n) is 11.2. The largest absolute Gasteiger partial charge is 0.461 e. The SMILES string of the molecule is CCNC1CCC(c2cc3cccc(C)c3o2)C1. The maximum Gasteiger partial charge on any atom is 0.137 e. The summed E-state index contributed by atoms with van der Waals surface area (Å²) in [6, 6.07) is 9.28. The Kier molecular flexibility index (Phi) is 3.13. The van der Waals surface area contributed by atoms with Crippen LogP contribution in [0.15, 0.2) is 28.7 Å². The molecule has 1 N–H and O–H groups in total. The molecule has 1 aromatic heterocycles. The summed E-state index contributed by atoms with van der Waals surface area (Å²) in [7, 11) is 0. The van der Waals surface area contributed by atoms with E-state index >= 15 is 0 Å². The monoisotopic (exact) mass is 243 g/mol. The van der Waals surface area contributed by atoms with Crippen LogP contribution in [0.1, 0.15) is 43.4 Å². The number of hydrogen-bond acceptors (Lipinski definition) is 2. The van der Waals surface area contributed by atoms with E-state index in [-0.39, 0.29) is 0 Å². The van der Waals surface area contributed by atoms with Crippen LogP contribution in [0, 0.1) is 6.92 Å². The van der Waals surface area contributed by atoms with Gasteiger partial charge in [-0.1, -0.05) is 25.1 Å². The summed E-state index contributed by atoms with van der Waals surface area (Å²) < 4.78 is 6.08. The third-order valence-corrected chi connectivity index (χ3v) is 4.09. The number of para-hydroxylation sites is 1. The van der Waals surface area contributed by atoms with Crippen molar-refractivity contribution in [2.24, 2.45) is 0 Å². The van der Waals surface area contributed by atoms with Gasteiger partial charge < -0.3 is 9.73 Å². The first-order chi connectivity index (χ1) is 8.78. The zero-order chi connectivity index (χ0) is 12.5. The Morgan fingerprint density at radius 3 is 3.00 bits per heavy atom. The molecule has 0 aliphatic heterocycles. The molecular weight excluding hydrogens is 222 g/mol. The van der Waals surface area contributed by atoms with Crippen LogP contribution in [0.25, 0.3) is 11.0 Å². The molecule has 0 saturated heterocycles. The highest BCUT2D eigenvalue weighted by Crippen LogP contribution is 2.37. The minimum Gasteiger partial charge on any atom is -0.461 e. The lowest BCUT2D eigenvalue weighted by molar-refractivity contribution is 0.477. The van der Waals surface area contributed by atoms with Gasteiger partial charge in [-0.3, -0.25) is 0 Å². The number of fused-ring (bicyclic) bond motifs is 1. The number of aryl methyl sites for hydroxylation is 1. The number of nitrogens with one attached hydrogen (secondary N) is 1. The van der Waals surface area contributed by atoms with Crippen LogP contribution in [-0.2, 0) is 0 Å². The smallest absolute Gasteiger partial charge is 0.137 e. The van der Waals surface area contributed by atoms with E-state index in [1.54, 1.807) is 0 Å². The minimum atomic E-state index is 0.598. The molecule has 1 aliphatic carbocycles. The summed E-state index contributed by atoms with van der Waals surface area (Å²) in [5, 5.41) is 4.79. The molecule has 2 heteroatoms. The highest BCUT2D eigenvalue weighted by Gasteiger charge is 2.27. The van der Waals surface area contributed by atoms with Gasteiger partial charge in [-0.2, -0.15) is 0 Å². The molecule has 1 aromatic carbocycles. The average Bonchev–Trinajstić information content (AvgIpc) is 2.96. The Bertz CT molecular complexity index is 543. The minimum absolute atomic E-state index is 0.598. The summed E-state index contributed by atoms with van der Waals surface area (Å²) in [6.07, 6.45) is 3.73. The van der Waals surface area contributed by atoms with Crippen molar-refractivity contribution in [2.75, 3.05) is 6.54 Å². The molecule has 2 unspecified atom stereocenters. The Morgan fingerprint density at radius 2 is 2.22 bits per heavy atom. The van der Waals surface area contributed by atoms with Crippen LogP contribution in [0.4, 0.5) is 0 Å². The number of rotatable bonds is 3. The molecule has 1 fully saturated rings. The highest BCUT2D eigenvalue weighted by molar-refractivity contribution is 5.81. The van der Waals surface area contributed by atoms with Gasteiger partial charge >= 0.3 is 0 Å². The molecule has 1 saturated carbocycles. The van der Waals surface area contributed by atoms with Gasteiger partial charge in [-0.15, -0.1) is 0 Å². The van der Waals surface area contributed by atoms with E-state index in [2.05, 4.69) is 43.4 Å². The van der Waals surface area contributed by atoms with Crippen LogP contribution < -0.4 is 5.32 Å². The fraction of sp³-hybridized carbons (Fsp3) is 0.500. The average molecular weight is 243 g/mol. The number of hydrogen-bond donors (Lipinski definition) is 1.